The third-order valence-corrected chi connectivity index (χ3v) is 3.86. The average molecular weight is 324 g/mol. The van der Waals surface area contributed by atoms with Crippen LogP contribution >= 0.6 is 15.9 Å². The molecule has 19 heavy (non-hydrogen) atoms. The molecule has 3 nitrogen and oxygen atoms in total. The largest absolute Gasteiger partial charge is 0.488 e. The van der Waals surface area contributed by atoms with Gasteiger partial charge in [-0.2, -0.15) is 0 Å². The van der Waals surface area contributed by atoms with E-state index in [1.54, 1.807) is 24.3 Å². The molecule has 0 unspecified atom stereocenters. The summed E-state index contributed by atoms with van der Waals surface area (Å²) < 4.78 is 6.24. The van der Waals surface area contributed by atoms with Gasteiger partial charge in [0, 0.05) is 11.6 Å². The molecule has 0 heterocycles. The Kier molecular flexibility index (Phi) is 5.02. The molecular weight excluding hydrogens is 306 g/mol. The number of amides is 1. The molecule has 0 atom stereocenters. The van der Waals surface area contributed by atoms with Gasteiger partial charge in [-0.15, -0.1) is 0 Å². The van der Waals surface area contributed by atoms with E-state index in [1.165, 1.54) is 12.8 Å². The first-order chi connectivity index (χ1) is 9.20. The van der Waals surface area contributed by atoms with Crippen LogP contribution in [0.25, 0.3) is 0 Å². The summed E-state index contributed by atoms with van der Waals surface area (Å²) in [5.41, 5.74) is 0.657. The summed E-state index contributed by atoms with van der Waals surface area (Å²) in [4.78, 5) is 12.1. The van der Waals surface area contributed by atoms with Crippen LogP contribution in [0.3, 0.4) is 0 Å². The molecule has 1 aliphatic carbocycles. The number of carbonyl (C=O) groups excluding carboxylic acids is 1. The van der Waals surface area contributed by atoms with E-state index in [-0.39, 0.29) is 5.91 Å². The summed E-state index contributed by atoms with van der Waals surface area (Å²) in [6, 6.07) is 5.72. The van der Waals surface area contributed by atoms with E-state index < -0.39 is 0 Å². The van der Waals surface area contributed by atoms with E-state index in [0.29, 0.717) is 18.2 Å². The average Bonchev–Trinajstić information content (AvgIpc) is 2.90. The van der Waals surface area contributed by atoms with Gasteiger partial charge in [-0.3, -0.25) is 4.79 Å². The number of benzene rings is 1. The number of rotatable bonds is 5. The zero-order chi connectivity index (χ0) is 13.7. The van der Waals surface area contributed by atoms with Crippen LogP contribution in [0, 0.1) is 0 Å². The monoisotopic (exact) mass is 323 g/mol. The van der Waals surface area contributed by atoms with E-state index in [0.717, 1.165) is 23.1 Å². The first-order valence-electron chi connectivity index (χ1n) is 6.55. The maximum Gasteiger partial charge on any atom is 0.251 e. The van der Waals surface area contributed by atoms with Crippen molar-refractivity contribution in [2.75, 3.05) is 6.61 Å². The van der Waals surface area contributed by atoms with Crippen molar-refractivity contribution in [3.8, 4) is 5.75 Å². The van der Waals surface area contributed by atoms with Gasteiger partial charge in [0.15, 0.2) is 0 Å². The predicted molar refractivity (Wildman–Crippen MR) is 79.6 cm³/mol. The summed E-state index contributed by atoms with van der Waals surface area (Å²) in [7, 11) is 0. The maximum absolute atomic E-state index is 12.1. The van der Waals surface area contributed by atoms with Crippen LogP contribution in [0.1, 0.15) is 36.0 Å². The summed E-state index contributed by atoms with van der Waals surface area (Å²) in [5.74, 6) is 0.709. The first-order valence-corrected chi connectivity index (χ1v) is 7.34. The fourth-order valence-corrected chi connectivity index (χ4v) is 2.74. The van der Waals surface area contributed by atoms with Crippen molar-refractivity contribution in [2.45, 2.75) is 31.7 Å². The second-order valence-corrected chi connectivity index (χ2v) is 5.55. The predicted octanol–water partition coefficient (Wildman–Crippen LogP) is 3.69. The van der Waals surface area contributed by atoms with Gasteiger partial charge < -0.3 is 10.1 Å². The lowest BCUT2D eigenvalue weighted by atomic mass is 10.1. The van der Waals surface area contributed by atoms with Crippen LogP contribution in [-0.4, -0.2) is 18.6 Å². The molecule has 1 aliphatic rings. The van der Waals surface area contributed by atoms with E-state index >= 15 is 0 Å². The van der Waals surface area contributed by atoms with Gasteiger partial charge in [0.25, 0.3) is 5.91 Å². The van der Waals surface area contributed by atoms with E-state index in [4.69, 9.17) is 4.74 Å². The van der Waals surface area contributed by atoms with Crippen molar-refractivity contribution in [1.29, 1.82) is 0 Å². The Morgan fingerprint density at radius 3 is 2.84 bits per heavy atom. The molecule has 1 amide bonds. The normalized spacial score (nSPS) is 15.2. The zero-order valence-electron chi connectivity index (χ0n) is 10.8. The van der Waals surface area contributed by atoms with E-state index in [1.807, 2.05) is 0 Å². The Morgan fingerprint density at radius 2 is 2.21 bits per heavy atom. The molecule has 0 saturated heterocycles. The number of halogens is 1. The summed E-state index contributed by atoms with van der Waals surface area (Å²) in [6.45, 7) is 4.05. The second-order valence-electron chi connectivity index (χ2n) is 4.70. The third kappa shape index (κ3) is 3.83. The minimum atomic E-state index is -0.0112. The van der Waals surface area contributed by atoms with Crippen LogP contribution < -0.4 is 10.1 Å². The van der Waals surface area contributed by atoms with Crippen LogP contribution in [-0.2, 0) is 0 Å². The van der Waals surface area contributed by atoms with E-state index in [9.17, 15) is 4.79 Å². The molecule has 1 N–H and O–H groups in total. The van der Waals surface area contributed by atoms with Crippen molar-refractivity contribution in [2.24, 2.45) is 0 Å². The molecule has 4 heteroatoms. The molecular formula is C15H18BrNO2. The van der Waals surface area contributed by atoms with Crippen molar-refractivity contribution in [3.63, 3.8) is 0 Å². The van der Waals surface area contributed by atoms with Gasteiger partial charge in [-0.1, -0.05) is 25.5 Å². The SMILES string of the molecule is C=CCOc1ccc(C(=O)NC2CCCC2)cc1Br. The maximum atomic E-state index is 12.1. The molecule has 0 aliphatic heterocycles. The van der Waals surface area contributed by atoms with Gasteiger partial charge in [0.1, 0.15) is 12.4 Å². The minimum Gasteiger partial charge on any atom is -0.488 e. The molecule has 0 radical (unpaired) electrons. The highest BCUT2D eigenvalue weighted by Crippen LogP contribution is 2.26. The Hall–Kier alpha value is -1.29. The minimum absolute atomic E-state index is 0.0112. The standard InChI is InChI=1S/C15H18BrNO2/c1-2-9-19-14-8-7-11(10-13(14)16)15(18)17-12-5-3-4-6-12/h2,7-8,10,12H,1,3-6,9H2,(H,17,18). The number of hydrogen-bond acceptors (Lipinski definition) is 2. The molecule has 1 aromatic carbocycles. The van der Waals surface area contributed by atoms with Crippen molar-refractivity contribution in [1.82, 2.24) is 5.32 Å². The molecule has 1 aromatic rings. The van der Waals surface area contributed by atoms with Crippen LogP contribution in [0.4, 0.5) is 0 Å². The Bertz CT molecular complexity index is 467. The quantitative estimate of drug-likeness (QED) is 0.839. The van der Waals surface area contributed by atoms with Crippen LogP contribution in [0.2, 0.25) is 0 Å². The molecule has 0 spiro atoms. The molecule has 0 bridgehead atoms. The summed E-state index contributed by atoms with van der Waals surface area (Å²) in [5, 5.41) is 3.07. The fraction of sp³-hybridized carbons (Fsp3) is 0.400. The van der Waals surface area contributed by atoms with Gasteiger partial charge in [-0.25, -0.2) is 0 Å². The highest BCUT2D eigenvalue weighted by molar-refractivity contribution is 9.10. The Morgan fingerprint density at radius 1 is 1.47 bits per heavy atom. The van der Waals surface area contributed by atoms with Crippen molar-refractivity contribution in [3.05, 3.63) is 40.9 Å². The summed E-state index contributed by atoms with van der Waals surface area (Å²) >= 11 is 3.42. The van der Waals surface area contributed by atoms with Crippen molar-refractivity contribution < 1.29 is 9.53 Å². The molecule has 102 valence electrons. The number of hydrogen-bond donors (Lipinski definition) is 1. The molecule has 1 fully saturated rings. The van der Waals surface area contributed by atoms with Gasteiger partial charge in [0.2, 0.25) is 0 Å². The Labute approximate surface area is 122 Å². The smallest absolute Gasteiger partial charge is 0.251 e. The lowest BCUT2D eigenvalue weighted by molar-refractivity contribution is 0.0938. The first kappa shape index (κ1) is 14.1. The zero-order valence-corrected chi connectivity index (χ0v) is 12.4. The lowest BCUT2D eigenvalue weighted by Gasteiger charge is -2.13. The highest BCUT2D eigenvalue weighted by atomic mass is 79.9. The topological polar surface area (TPSA) is 38.3 Å². The highest BCUT2D eigenvalue weighted by Gasteiger charge is 2.18. The number of carbonyl (C=O) groups is 1. The van der Waals surface area contributed by atoms with Crippen LogP contribution in [0.5, 0.6) is 5.75 Å². The number of ether oxygens (including phenoxy) is 1. The Balaban J connectivity index is 2.01. The van der Waals surface area contributed by atoms with Gasteiger partial charge in [0.05, 0.1) is 4.47 Å². The van der Waals surface area contributed by atoms with Gasteiger partial charge >= 0.3 is 0 Å². The molecule has 1 saturated carbocycles. The third-order valence-electron chi connectivity index (χ3n) is 3.24. The summed E-state index contributed by atoms with van der Waals surface area (Å²) in [6.07, 6.45) is 6.29. The second kappa shape index (κ2) is 6.75. The number of nitrogens with one attached hydrogen (secondary N) is 1. The van der Waals surface area contributed by atoms with E-state index in [2.05, 4.69) is 27.8 Å². The van der Waals surface area contributed by atoms with Gasteiger partial charge in [-0.05, 0) is 47.0 Å². The van der Waals surface area contributed by atoms with Crippen molar-refractivity contribution >= 4 is 21.8 Å². The van der Waals surface area contributed by atoms with Crippen LogP contribution in [0.15, 0.2) is 35.3 Å². The lowest BCUT2D eigenvalue weighted by Crippen LogP contribution is -2.32. The fourth-order valence-electron chi connectivity index (χ4n) is 2.25. The molecule has 2 rings (SSSR count). The molecule has 0 aromatic heterocycles.